The van der Waals surface area contributed by atoms with Crippen LogP contribution in [0.5, 0.6) is 17.4 Å². The predicted octanol–water partition coefficient (Wildman–Crippen LogP) is 4.47. The summed E-state index contributed by atoms with van der Waals surface area (Å²) in [5.41, 5.74) is 2.71. The second kappa shape index (κ2) is 10.3. The molecule has 0 atom stereocenters. The maximum Gasteiger partial charge on any atom is 0.226 e. The van der Waals surface area contributed by atoms with E-state index in [4.69, 9.17) is 14.6 Å². The monoisotopic (exact) mass is 405 g/mol. The van der Waals surface area contributed by atoms with E-state index in [-0.39, 0.29) is 5.91 Å². The third-order valence-electron chi connectivity index (χ3n) is 4.67. The van der Waals surface area contributed by atoms with Gasteiger partial charge in [-0.1, -0.05) is 31.2 Å². The molecule has 0 aliphatic heterocycles. The lowest BCUT2D eigenvalue weighted by molar-refractivity contribution is -0.120. The molecule has 0 saturated carbocycles. The zero-order valence-electron chi connectivity index (χ0n) is 17.4. The first-order chi connectivity index (χ1) is 14.7. The van der Waals surface area contributed by atoms with Crippen molar-refractivity contribution in [2.24, 2.45) is 0 Å². The third-order valence-corrected chi connectivity index (χ3v) is 4.67. The van der Waals surface area contributed by atoms with Gasteiger partial charge in [0.1, 0.15) is 11.5 Å². The number of amides is 1. The lowest BCUT2D eigenvalue weighted by Crippen LogP contribution is -2.23. The number of aryl methyl sites for hydroxylation is 1. The molecular formula is C24H27N3O3. The van der Waals surface area contributed by atoms with Crippen LogP contribution in [0.3, 0.4) is 0 Å². The summed E-state index contributed by atoms with van der Waals surface area (Å²) in [6.07, 6.45) is 3.28. The predicted molar refractivity (Wildman–Crippen MR) is 118 cm³/mol. The molecule has 1 aromatic heterocycles. The molecule has 2 aromatic carbocycles. The van der Waals surface area contributed by atoms with E-state index in [1.807, 2.05) is 61.5 Å². The number of aromatic nitrogens is 2. The SMILES string of the molecule is C=CCNC(=O)CCc1c(CC)nn(-c2ccc(OC)cc2)c1Oc1ccccc1. The summed E-state index contributed by atoms with van der Waals surface area (Å²) in [6, 6.07) is 17.2. The van der Waals surface area contributed by atoms with E-state index in [1.165, 1.54) is 0 Å². The van der Waals surface area contributed by atoms with E-state index in [9.17, 15) is 4.79 Å². The van der Waals surface area contributed by atoms with Gasteiger partial charge in [0, 0.05) is 18.5 Å². The molecule has 30 heavy (non-hydrogen) atoms. The first kappa shape index (κ1) is 21.2. The number of carbonyl (C=O) groups excluding carboxylic acids is 1. The molecule has 0 unspecified atom stereocenters. The number of ether oxygens (including phenoxy) is 2. The van der Waals surface area contributed by atoms with Crippen LogP contribution in [0.4, 0.5) is 0 Å². The number of benzene rings is 2. The van der Waals surface area contributed by atoms with Crippen molar-refractivity contribution in [1.29, 1.82) is 0 Å². The van der Waals surface area contributed by atoms with Gasteiger partial charge in [-0.05, 0) is 49.2 Å². The molecule has 6 heteroatoms. The number of carbonyl (C=O) groups is 1. The Morgan fingerprint density at radius 2 is 1.87 bits per heavy atom. The largest absolute Gasteiger partial charge is 0.497 e. The molecule has 0 aliphatic rings. The Labute approximate surface area is 177 Å². The summed E-state index contributed by atoms with van der Waals surface area (Å²) in [5, 5.41) is 7.62. The summed E-state index contributed by atoms with van der Waals surface area (Å²) in [4.78, 5) is 12.2. The molecule has 0 saturated heterocycles. The van der Waals surface area contributed by atoms with Gasteiger partial charge < -0.3 is 14.8 Å². The molecule has 1 N–H and O–H groups in total. The van der Waals surface area contributed by atoms with Crippen molar-refractivity contribution in [3.63, 3.8) is 0 Å². The Kier molecular flexibility index (Phi) is 7.27. The van der Waals surface area contributed by atoms with Crippen LogP contribution in [-0.2, 0) is 17.6 Å². The molecule has 0 bridgehead atoms. The highest BCUT2D eigenvalue weighted by molar-refractivity contribution is 5.76. The Morgan fingerprint density at radius 1 is 1.13 bits per heavy atom. The first-order valence-electron chi connectivity index (χ1n) is 10.0. The number of hydrogen-bond acceptors (Lipinski definition) is 4. The molecule has 0 fully saturated rings. The number of hydrogen-bond donors (Lipinski definition) is 1. The molecule has 1 amide bonds. The minimum Gasteiger partial charge on any atom is -0.497 e. The first-order valence-corrected chi connectivity index (χ1v) is 10.0. The van der Waals surface area contributed by atoms with E-state index in [0.717, 1.165) is 29.1 Å². The minimum atomic E-state index is -0.0280. The number of para-hydroxylation sites is 1. The van der Waals surface area contributed by atoms with Crippen molar-refractivity contribution in [2.75, 3.05) is 13.7 Å². The zero-order valence-corrected chi connectivity index (χ0v) is 17.4. The Hall–Kier alpha value is -3.54. The maximum absolute atomic E-state index is 12.2. The maximum atomic E-state index is 12.2. The number of nitrogens with one attached hydrogen (secondary N) is 1. The summed E-state index contributed by atoms with van der Waals surface area (Å²) < 4.78 is 13.3. The van der Waals surface area contributed by atoms with Crippen molar-refractivity contribution in [3.05, 3.63) is 78.5 Å². The number of methoxy groups -OCH3 is 1. The second-order valence-corrected chi connectivity index (χ2v) is 6.70. The van der Waals surface area contributed by atoms with Crippen molar-refractivity contribution in [3.8, 4) is 23.1 Å². The van der Waals surface area contributed by atoms with Gasteiger partial charge in [0.2, 0.25) is 11.8 Å². The number of nitrogens with zero attached hydrogens (tertiary/aromatic N) is 2. The molecule has 3 aromatic rings. The Balaban J connectivity index is 1.98. The fourth-order valence-electron chi connectivity index (χ4n) is 3.13. The van der Waals surface area contributed by atoms with E-state index < -0.39 is 0 Å². The smallest absolute Gasteiger partial charge is 0.226 e. The van der Waals surface area contributed by atoms with Gasteiger partial charge in [-0.3, -0.25) is 4.79 Å². The van der Waals surface area contributed by atoms with Gasteiger partial charge in [-0.25, -0.2) is 4.68 Å². The molecule has 3 rings (SSSR count). The van der Waals surface area contributed by atoms with E-state index >= 15 is 0 Å². The van der Waals surface area contributed by atoms with Crippen molar-refractivity contribution in [2.45, 2.75) is 26.2 Å². The fourth-order valence-corrected chi connectivity index (χ4v) is 3.13. The molecular weight excluding hydrogens is 378 g/mol. The van der Waals surface area contributed by atoms with Crippen LogP contribution in [0, 0.1) is 0 Å². The average Bonchev–Trinajstić information content (AvgIpc) is 3.14. The van der Waals surface area contributed by atoms with Crippen molar-refractivity contribution < 1.29 is 14.3 Å². The van der Waals surface area contributed by atoms with Crippen LogP contribution in [0.2, 0.25) is 0 Å². The number of rotatable bonds is 10. The second-order valence-electron chi connectivity index (χ2n) is 6.70. The normalized spacial score (nSPS) is 10.5. The fraction of sp³-hybridized carbons (Fsp3) is 0.250. The van der Waals surface area contributed by atoms with Gasteiger partial charge >= 0.3 is 0 Å². The highest BCUT2D eigenvalue weighted by Crippen LogP contribution is 2.32. The Morgan fingerprint density at radius 3 is 2.50 bits per heavy atom. The summed E-state index contributed by atoms with van der Waals surface area (Å²) in [7, 11) is 1.64. The molecule has 6 nitrogen and oxygen atoms in total. The van der Waals surface area contributed by atoms with Gasteiger partial charge in [0.15, 0.2) is 0 Å². The highest BCUT2D eigenvalue weighted by Gasteiger charge is 2.21. The molecule has 156 valence electrons. The molecule has 0 spiro atoms. The average molecular weight is 405 g/mol. The highest BCUT2D eigenvalue weighted by atomic mass is 16.5. The van der Waals surface area contributed by atoms with Gasteiger partial charge in [0.05, 0.1) is 18.5 Å². The lowest BCUT2D eigenvalue weighted by atomic mass is 10.1. The molecule has 0 radical (unpaired) electrons. The van der Waals surface area contributed by atoms with Crippen LogP contribution in [-0.4, -0.2) is 29.3 Å². The molecule has 1 heterocycles. The standard InChI is InChI=1S/C24H27N3O3/c1-4-17-25-23(28)16-15-21-22(5-2)26-27(18-11-13-19(29-3)14-12-18)24(21)30-20-9-7-6-8-10-20/h4,6-14H,1,5,15-17H2,2-3H3,(H,25,28). The summed E-state index contributed by atoms with van der Waals surface area (Å²) in [6.45, 7) is 6.14. The minimum absolute atomic E-state index is 0.0280. The summed E-state index contributed by atoms with van der Waals surface area (Å²) >= 11 is 0. The van der Waals surface area contributed by atoms with Crippen molar-refractivity contribution >= 4 is 5.91 Å². The van der Waals surface area contributed by atoms with Crippen LogP contribution in [0.1, 0.15) is 24.6 Å². The van der Waals surface area contributed by atoms with Crippen molar-refractivity contribution in [1.82, 2.24) is 15.1 Å². The van der Waals surface area contributed by atoms with Crippen LogP contribution < -0.4 is 14.8 Å². The molecule has 0 aliphatic carbocycles. The van der Waals surface area contributed by atoms with Gasteiger partial charge in [-0.15, -0.1) is 6.58 Å². The quantitative estimate of drug-likeness (QED) is 0.506. The third kappa shape index (κ3) is 5.08. The summed E-state index contributed by atoms with van der Waals surface area (Å²) in [5.74, 6) is 2.08. The Bertz CT molecular complexity index is 979. The van der Waals surface area contributed by atoms with Crippen LogP contribution in [0.25, 0.3) is 5.69 Å². The van der Waals surface area contributed by atoms with E-state index in [0.29, 0.717) is 31.0 Å². The van der Waals surface area contributed by atoms with E-state index in [1.54, 1.807) is 17.9 Å². The lowest BCUT2D eigenvalue weighted by Gasteiger charge is -2.12. The van der Waals surface area contributed by atoms with Gasteiger partial charge in [0.25, 0.3) is 0 Å². The van der Waals surface area contributed by atoms with Crippen LogP contribution >= 0.6 is 0 Å². The zero-order chi connectivity index (χ0) is 21.3. The van der Waals surface area contributed by atoms with Crippen LogP contribution in [0.15, 0.2) is 67.3 Å². The van der Waals surface area contributed by atoms with Gasteiger partial charge in [-0.2, -0.15) is 5.10 Å². The topological polar surface area (TPSA) is 65.4 Å². The van der Waals surface area contributed by atoms with E-state index in [2.05, 4.69) is 11.9 Å².